The molecule has 3 amide bonds. The number of benzene rings is 1. The van der Waals surface area contributed by atoms with Gasteiger partial charge in [-0.25, -0.2) is 4.79 Å². The maximum atomic E-state index is 13.3. The predicted octanol–water partition coefficient (Wildman–Crippen LogP) is 1.75. The zero-order valence-corrected chi connectivity index (χ0v) is 15.9. The average Bonchev–Trinajstić information content (AvgIpc) is 2.70. The molecule has 0 bridgehead atoms. The fraction of sp³-hybridized carbons (Fsp3) is 0.450. The monoisotopic (exact) mass is 387 g/mol. The topological polar surface area (TPSA) is 99.2 Å². The fourth-order valence-corrected chi connectivity index (χ4v) is 3.55. The molecule has 8 nitrogen and oxygen atoms in total. The number of allylic oxidation sites excluding steroid dienone is 1. The quantitative estimate of drug-likeness (QED) is 0.775. The van der Waals surface area contributed by atoms with Gasteiger partial charge in [0, 0.05) is 31.8 Å². The molecule has 0 aromatic heterocycles. The van der Waals surface area contributed by atoms with Crippen molar-refractivity contribution in [1.29, 1.82) is 0 Å². The lowest BCUT2D eigenvalue weighted by Crippen LogP contribution is -2.51. The number of rotatable bonds is 6. The summed E-state index contributed by atoms with van der Waals surface area (Å²) in [4.78, 5) is 40.0. The summed E-state index contributed by atoms with van der Waals surface area (Å²) in [6.45, 7) is 3.98. The molecule has 1 unspecified atom stereocenters. The molecule has 2 aliphatic heterocycles. The molecule has 0 aliphatic carbocycles. The Morgan fingerprint density at radius 1 is 1.21 bits per heavy atom. The molecule has 2 N–H and O–H groups in total. The summed E-state index contributed by atoms with van der Waals surface area (Å²) in [6.07, 6.45) is 0.279. The van der Waals surface area contributed by atoms with Gasteiger partial charge >= 0.3 is 12.0 Å². The number of urea groups is 1. The van der Waals surface area contributed by atoms with E-state index in [1.165, 1.54) is 4.90 Å². The van der Waals surface area contributed by atoms with E-state index < -0.39 is 12.0 Å². The first-order valence-electron chi connectivity index (χ1n) is 9.41. The Bertz CT molecular complexity index is 771. The summed E-state index contributed by atoms with van der Waals surface area (Å²) in [5, 5.41) is 11.8. The number of hydrogen-bond donors (Lipinski definition) is 2. The first-order valence-corrected chi connectivity index (χ1v) is 9.41. The Morgan fingerprint density at radius 3 is 2.54 bits per heavy atom. The second-order valence-corrected chi connectivity index (χ2v) is 6.85. The first kappa shape index (κ1) is 19.9. The molecule has 1 fully saturated rings. The SMILES string of the molecule is CC1=C(C(=O)N2CCOCC2)C(c2ccccc2)NC(=O)N1CCCC(=O)O. The highest BCUT2D eigenvalue weighted by Gasteiger charge is 2.37. The van der Waals surface area contributed by atoms with Gasteiger partial charge in [0.25, 0.3) is 5.91 Å². The largest absolute Gasteiger partial charge is 0.481 e. The Kier molecular flexibility index (Phi) is 6.30. The van der Waals surface area contributed by atoms with E-state index in [-0.39, 0.29) is 24.9 Å². The highest BCUT2D eigenvalue weighted by atomic mass is 16.5. The van der Waals surface area contributed by atoms with E-state index >= 15 is 0 Å². The lowest BCUT2D eigenvalue weighted by molar-refractivity contribution is -0.137. The van der Waals surface area contributed by atoms with E-state index in [4.69, 9.17) is 9.84 Å². The van der Waals surface area contributed by atoms with Gasteiger partial charge in [0.15, 0.2) is 0 Å². The third-order valence-corrected chi connectivity index (χ3v) is 5.03. The molecule has 0 radical (unpaired) electrons. The fourth-order valence-electron chi connectivity index (χ4n) is 3.55. The van der Waals surface area contributed by atoms with Crippen LogP contribution in [-0.4, -0.2) is 65.7 Å². The Labute approximate surface area is 163 Å². The summed E-state index contributed by atoms with van der Waals surface area (Å²) < 4.78 is 5.34. The third kappa shape index (κ3) is 4.33. The number of carbonyl (C=O) groups excluding carboxylic acids is 2. The van der Waals surface area contributed by atoms with Gasteiger partial charge in [0.05, 0.1) is 24.8 Å². The van der Waals surface area contributed by atoms with Gasteiger partial charge < -0.3 is 20.1 Å². The van der Waals surface area contributed by atoms with Crippen LogP contribution in [0, 0.1) is 0 Å². The van der Waals surface area contributed by atoms with E-state index in [0.717, 1.165) is 5.56 Å². The molecule has 1 saturated heterocycles. The van der Waals surface area contributed by atoms with E-state index in [1.54, 1.807) is 11.8 Å². The van der Waals surface area contributed by atoms with Crippen molar-refractivity contribution in [2.24, 2.45) is 0 Å². The molecule has 1 atom stereocenters. The molecule has 28 heavy (non-hydrogen) atoms. The van der Waals surface area contributed by atoms with E-state index in [9.17, 15) is 14.4 Å². The van der Waals surface area contributed by atoms with Crippen molar-refractivity contribution in [1.82, 2.24) is 15.1 Å². The number of hydrogen-bond acceptors (Lipinski definition) is 4. The van der Waals surface area contributed by atoms with Crippen LogP contribution in [0.25, 0.3) is 0 Å². The van der Waals surface area contributed by atoms with Crippen molar-refractivity contribution in [3.63, 3.8) is 0 Å². The van der Waals surface area contributed by atoms with Crippen molar-refractivity contribution in [2.75, 3.05) is 32.8 Å². The lowest BCUT2D eigenvalue weighted by Gasteiger charge is -2.38. The van der Waals surface area contributed by atoms with Crippen LogP contribution >= 0.6 is 0 Å². The molecule has 2 heterocycles. The highest BCUT2D eigenvalue weighted by Crippen LogP contribution is 2.32. The Balaban J connectivity index is 1.94. The minimum atomic E-state index is -0.911. The first-order chi connectivity index (χ1) is 13.5. The summed E-state index contributed by atoms with van der Waals surface area (Å²) in [6, 6.07) is 8.51. The molecule has 0 spiro atoms. The number of ether oxygens (including phenoxy) is 1. The molecule has 150 valence electrons. The van der Waals surface area contributed by atoms with Crippen molar-refractivity contribution in [3.8, 4) is 0 Å². The van der Waals surface area contributed by atoms with Gasteiger partial charge in [0.2, 0.25) is 0 Å². The van der Waals surface area contributed by atoms with Gasteiger partial charge in [-0.1, -0.05) is 30.3 Å². The number of carboxylic acids is 1. The van der Waals surface area contributed by atoms with Crippen LogP contribution in [0.1, 0.15) is 31.4 Å². The number of carbonyl (C=O) groups is 3. The van der Waals surface area contributed by atoms with Crippen LogP contribution < -0.4 is 5.32 Å². The van der Waals surface area contributed by atoms with E-state index in [0.29, 0.717) is 44.0 Å². The number of nitrogens with one attached hydrogen (secondary N) is 1. The molecule has 1 aromatic rings. The van der Waals surface area contributed by atoms with Crippen LogP contribution in [0.4, 0.5) is 4.79 Å². The van der Waals surface area contributed by atoms with Crippen molar-refractivity contribution in [3.05, 3.63) is 47.2 Å². The van der Waals surface area contributed by atoms with Crippen LogP contribution in [0.2, 0.25) is 0 Å². The Hall–Kier alpha value is -2.87. The summed E-state index contributed by atoms with van der Waals surface area (Å²) >= 11 is 0. The zero-order chi connectivity index (χ0) is 20.1. The van der Waals surface area contributed by atoms with Crippen LogP contribution in [-0.2, 0) is 14.3 Å². The number of aliphatic carboxylic acids is 1. The number of morpholine rings is 1. The normalized spacial score (nSPS) is 20.2. The minimum absolute atomic E-state index is 0.0358. The summed E-state index contributed by atoms with van der Waals surface area (Å²) in [7, 11) is 0. The molecule has 3 rings (SSSR count). The maximum Gasteiger partial charge on any atom is 0.322 e. The standard InChI is InChI=1S/C20H25N3O5/c1-14-17(19(26)22-10-12-28-13-11-22)18(15-6-3-2-4-7-15)21-20(27)23(14)9-5-8-16(24)25/h2-4,6-7,18H,5,8-13H2,1H3,(H,21,27)(H,24,25). The molecular formula is C20H25N3O5. The second kappa shape index (κ2) is 8.88. The van der Waals surface area contributed by atoms with Crippen LogP contribution in [0.15, 0.2) is 41.6 Å². The van der Waals surface area contributed by atoms with Crippen LogP contribution in [0.5, 0.6) is 0 Å². The molecule has 2 aliphatic rings. The third-order valence-electron chi connectivity index (χ3n) is 5.03. The highest BCUT2D eigenvalue weighted by molar-refractivity contribution is 5.98. The van der Waals surface area contributed by atoms with Gasteiger partial charge in [-0.15, -0.1) is 0 Å². The molecule has 0 saturated carbocycles. The number of carboxylic acid groups (broad SMARTS) is 1. The maximum absolute atomic E-state index is 13.3. The van der Waals surface area contributed by atoms with Gasteiger partial charge in [-0.2, -0.15) is 0 Å². The molecule has 8 heteroatoms. The minimum Gasteiger partial charge on any atom is -0.481 e. The smallest absolute Gasteiger partial charge is 0.322 e. The molecular weight excluding hydrogens is 362 g/mol. The van der Waals surface area contributed by atoms with Gasteiger partial charge in [0.1, 0.15) is 0 Å². The molecule has 1 aromatic carbocycles. The summed E-state index contributed by atoms with van der Waals surface area (Å²) in [5.74, 6) is -1.04. The predicted molar refractivity (Wildman–Crippen MR) is 101 cm³/mol. The number of amides is 3. The van der Waals surface area contributed by atoms with Crippen molar-refractivity contribution in [2.45, 2.75) is 25.8 Å². The lowest BCUT2D eigenvalue weighted by atomic mass is 9.93. The van der Waals surface area contributed by atoms with Crippen molar-refractivity contribution >= 4 is 17.9 Å². The second-order valence-electron chi connectivity index (χ2n) is 6.85. The average molecular weight is 387 g/mol. The van der Waals surface area contributed by atoms with E-state index in [1.807, 2.05) is 30.3 Å². The van der Waals surface area contributed by atoms with Gasteiger partial charge in [-0.05, 0) is 18.9 Å². The zero-order valence-electron chi connectivity index (χ0n) is 15.9. The van der Waals surface area contributed by atoms with Crippen molar-refractivity contribution < 1.29 is 24.2 Å². The summed E-state index contributed by atoms with van der Waals surface area (Å²) in [5.41, 5.74) is 1.92. The van der Waals surface area contributed by atoms with E-state index in [2.05, 4.69) is 5.32 Å². The Morgan fingerprint density at radius 2 is 1.89 bits per heavy atom. The van der Waals surface area contributed by atoms with Crippen LogP contribution in [0.3, 0.4) is 0 Å². The van der Waals surface area contributed by atoms with Gasteiger partial charge in [-0.3, -0.25) is 14.5 Å². The number of nitrogens with zero attached hydrogens (tertiary/aromatic N) is 2.